The van der Waals surface area contributed by atoms with Gasteiger partial charge in [-0.05, 0) is 62.4 Å². The van der Waals surface area contributed by atoms with Crippen LogP contribution < -0.4 is 10.1 Å². The molecule has 0 aliphatic carbocycles. The number of carbonyl (C=O) groups is 1. The van der Waals surface area contributed by atoms with Crippen LogP contribution in [-0.2, 0) is 0 Å². The summed E-state index contributed by atoms with van der Waals surface area (Å²) in [6.07, 6.45) is 5.13. The molecule has 0 spiro atoms. The van der Waals surface area contributed by atoms with Crippen LogP contribution in [0.1, 0.15) is 49.2 Å². The van der Waals surface area contributed by atoms with Crippen LogP contribution in [0.4, 0.5) is 0 Å². The second-order valence-electron chi connectivity index (χ2n) is 8.70. The van der Waals surface area contributed by atoms with E-state index in [0.29, 0.717) is 23.8 Å². The number of aromatic nitrogens is 1. The van der Waals surface area contributed by atoms with Gasteiger partial charge in [-0.25, -0.2) is 0 Å². The zero-order chi connectivity index (χ0) is 21.3. The fraction of sp³-hybridized carbons (Fsp3) is 0.458. The van der Waals surface area contributed by atoms with E-state index in [-0.39, 0.29) is 24.0 Å². The zero-order valence-corrected chi connectivity index (χ0v) is 17.8. The summed E-state index contributed by atoms with van der Waals surface area (Å²) >= 11 is 0. The predicted octanol–water partition coefficient (Wildman–Crippen LogP) is 3.91. The number of benzene rings is 1. The Kier molecular flexibility index (Phi) is 5.63. The molecule has 6 nitrogen and oxygen atoms in total. The molecule has 2 fully saturated rings. The minimum atomic E-state index is -0.122. The summed E-state index contributed by atoms with van der Waals surface area (Å²) in [5, 5.41) is 12.5. The van der Waals surface area contributed by atoms with E-state index < -0.39 is 0 Å². The fourth-order valence-electron chi connectivity index (χ4n) is 4.50. The van der Waals surface area contributed by atoms with Gasteiger partial charge in [-0.3, -0.25) is 9.78 Å². The monoisotopic (exact) mass is 404 g/mol. The van der Waals surface area contributed by atoms with E-state index in [4.69, 9.17) is 4.74 Å². The van der Waals surface area contributed by atoms with Gasteiger partial charge in [-0.15, -0.1) is 0 Å². The molecule has 2 saturated heterocycles. The third kappa shape index (κ3) is 3.97. The van der Waals surface area contributed by atoms with Crippen molar-refractivity contribution in [3.8, 4) is 23.2 Å². The Balaban J connectivity index is 1.57. The van der Waals surface area contributed by atoms with E-state index >= 15 is 0 Å². The van der Waals surface area contributed by atoms with Gasteiger partial charge in [-0.1, -0.05) is 19.9 Å². The van der Waals surface area contributed by atoms with Gasteiger partial charge in [0.15, 0.2) is 6.19 Å². The predicted molar refractivity (Wildman–Crippen MR) is 115 cm³/mol. The molecular weight excluding hydrogens is 376 g/mol. The lowest BCUT2D eigenvalue weighted by molar-refractivity contribution is 0.0928. The minimum Gasteiger partial charge on any atom is -0.493 e. The summed E-state index contributed by atoms with van der Waals surface area (Å²) in [6, 6.07) is 11.8. The number of hydrogen-bond donors (Lipinski definition) is 1. The van der Waals surface area contributed by atoms with Crippen LogP contribution in [0.25, 0.3) is 11.3 Å². The Labute approximate surface area is 177 Å². The Bertz CT molecular complexity index is 981. The number of rotatable bonds is 6. The molecule has 1 aromatic heterocycles. The van der Waals surface area contributed by atoms with Crippen LogP contribution in [0.5, 0.6) is 5.75 Å². The summed E-state index contributed by atoms with van der Waals surface area (Å²) in [5.74, 6) is 0.913. The van der Waals surface area contributed by atoms with Crippen LogP contribution in [0, 0.1) is 24.3 Å². The molecule has 0 unspecified atom stereocenters. The van der Waals surface area contributed by atoms with Crippen molar-refractivity contribution in [2.75, 3.05) is 6.61 Å². The lowest BCUT2D eigenvalue weighted by Gasteiger charge is -2.22. The standard InChI is InChI=1S/C24H28N4O2/c1-15(2)13-30-23-11-17(7-9-19(23)20-6-4-5-16(3)26-20)24(29)27-21-12-18-8-10-22(21)28(18)14-25/h4-7,9,11,15,18,21-22H,8,10,12-13H2,1-3H3,(H,27,29)/t18-,21+,22+/m0/s1. The van der Waals surface area contributed by atoms with Gasteiger partial charge in [0.25, 0.3) is 5.91 Å². The highest BCUT2D eigenvalue weighted by molar-refractivity contribution is 5.95. The largest absolute Gasteiger partial charge is 0.493 e. The lowest BCUT2D eigenvalue weighted by Crippen LogP contribution is -2.43. The van der Waals surface area contributed by atoms with Gasteiger partial charge in [0.05, 0.1) is 24.4 Å². The van der Waals surface area contributed by atoms with Crippen molar-refractivity contribution >= 4 is 5.91 Å². The van der Waals surface area contributed by atoms with Crippen LogP contribution in [0.3, 0.4) is 0 Å². The number of aryl methyl sites for hydroxylation is 1. The van der Waals surface area contributed by atoms with Gasteiger partial charge in [0, 0.05) is 22.9 Å². The average Bonchev–Trinajstić information content (AvgIpc) is 3.28. The number of amides is 1. The number of nitriles is 1. The molecule has 2 aliphatic heterocycles. The Morgan fingerprint density at radius 1 is 1.33 bits per heavy atom. The maximum atomic E-state index is 13.0. The van der Waals surface area contributed by atoms with Crippen LogP contribution in [0.15, 0.2) is 36.4 Å². The van der Waals surface area contributed by atoms with E-state index in [9.17, 15) is 10.1 Å². The second-order valence-corrected chi connectivity index (χ2v) is 8.70. The van der Waals surface area contributed by atoms with Crippen molar-refractivity contribution in [3.63, 3.8) is 0 Å². The summed E-state index contributed by atoms with van der Waals surface area (Å²) < 4.78 is 6.07. The number of fused-ring (bicyclic) bond motifs is 2. The minimum absolute atomic E-state index is 0.0223. The molecular formula is C24H28N4O2. The van der Waals surface area contributed by atoms with Gasteiger partial charge < -0.3 is 15.0 Å². The van der Waals surface area contributed by atoms with Gasteiger partial charge in [-0.2, -0.15) is 5.26 Å². The molecule has 6 heteroatoms. The Morgan fingerprint density at radius 2 is 2.17 bits per heavy atom. The number of carbonyl (C=O) groups excluding carboxylic acids is 1. The first kappa shape index (κ1) is 20.2. The van der Waals surface area contributed by atoms with Crippen molar-refractivity contribution in [2.24, 2.45) is 5.92 Å². The highest BCUT2D eigenvalue weighted by Gasteiger charge is 2.46. The van der Waals surface area contributed by atoms with Crippen LogP contribution in [0.2, 0.25) is 0 Å². The molecule has 1 aromatic carbocycles. The molecule has 0 radical (unpaired) electrons. The maximum absolute atomic E-state index is 13.0. The summed E-state index contributed by atoms with van der Waals surface area (Å²) in [5.41, 5.74) is 3.21. The molecule has 4 rings (SSSR count). The van der Waals surface area contributed by atoms with E-state index in [1.165, 1.54) is 0 Å². The van der Waals surface area contributed by atoms with Crippen LogP contribution in [-0.4, -0.2) is 40.5 Å². The highest BCUT2D eigenvalue weighted by Crippen LogP contribution is 2.37. The van der Waals surface area contributed by atoms with Crippen molar-refractivity contribution in [2.45, 2.75) is 58.2 Å². The van der Waals surface area contributed by atoms with E-state index in [0.717, 1.165) is 36.2 Å². The highest BCUT2D eigenvalue weighted by atomic mass is 16.5. The number of nitrogens with one attached hydrogen (secondary N) is 1. The third-order valence-corrected chi connectivity index (χ3v) is 5.95. The normalized spacial score (nSPS) is 22.2. The van der Waals surface area contributed by atoms with Gasteiger partial charge in [0.1, 0.15) is 5.75 Å². The Morgan fingerprint density at radius 3 is 2.87 bits per heavy atom. The first-order chi connectivity index (χ1) is 14.5. The number of pyridine rings is 1. The molecule has 0 saturated carbocycles. The first-order valence-electron chi connectivity index (χ1n) is 10.7. The molecule has 2 aliphatic rings. The lowest BCUT2D eigenvalue weighted by atomic mass is 9.95. The summed E-state index contributed by atoms with van der Waals surface area (Å²) in [4.78, 5) is 19.5. The topological polar surface area (TPSA) is 78.2 Å². The number of ether oxygens (including phenoxy) is 1. The fourth-order valence-corrected chi connectivity index (χ4v) is 4.50. The smallest absolute Gasteiger partial charge is 0.251 e. The molecule has 1 amide bonds. The molecule has 1 N–H and O–H groups in total. The van der Waals surface area contributed by atoms with Crippen molar-refractivity contribution in [3.05, 3.63) is 47.7 Å². The van der Waals surface area contributed by atoms with Crippen molar-refractivity contribution < 1.29 is 9.53 Å². The summed E-state index contributed by atoms with van der Waals surface area (Å²) in [7, 11) is 0. The van der Waals surface area contributed by atoms with Crippen LogP contribution >= 0.6 is 0 Å². The quantitative estimate of drug-likeness (QED) is 0.739. The molecule has 2 bridgehead atoms. The molecule has 3 atom stereocenters. The third-order valence-electron chi connectivity index (χ3n) is 5.95. The maximum Gasteiger partial charge on any atom is 0.251 e. The van der Waals surface area contributed by atoms with Gasteiger partial charge in [0.2, 0.25) is 0 Å². The van der Waals surface area contributed by atoms with E-state index in [2.05, 4.69) is 30.3 Å². The van der Waals surface area contributed by atoms with Crippen molar-refractivity contribution in [1.29, 1.82) is 5.26 Å². The van der Waals surface area contributed by atoms with E-state index in [1.807, 2.05) is 48.2 Å². The SMILES string of the molecule is Cc1cccc(-c2ccc(C(=O)N[C@@H]3C[C@@H]4CC[C@H]3N4C#N)cc2OCC(C)C)n1. The molecule has 30 heavy (non-hydrogen) atoms. The summed E-state index contributed by atoms with van der Waals surface area (Å²) in [6.45, 7) is 6.71. The molecule has 2 aromatic rings. The average molecular weight is 405 g/mol. The van der Waals surface area contributed by atoms with Crippen molar-refractivity contribution in [1.82, 2.24) is 15.2 Å². The number of hydrogen-bond acceptors (Lipinski definition) is 5. The van der Waals surface area contributed by atoms with Gasteiger partial charge >= 0.3 is 0 Å². The number of nitrogens with zero attached hydrogens (tertiary/aromatic N) is 3. The van der Waals surface area contributed by atoms with E-state index in [1.54, 1.807) is 0 Å². The zero-order valence-electron chi connectivity index (χ0n) is 17.8. The molecule has 3 heterocycles. The second kappa shape index (κ2) is 8.35. The molecule has 156 valence electrons. The first-order valence-corrected chi connectivity index (χ1v) is 10.7. The Hall–Kier alpha value is -3.07.